The number of sulfonamides is 1. The smallest absolute Gasteiger partial charge is 0.264 e. The van der Waals surface area contributed by atoms with Gasteiger partial charge in [0.2, 0.25) is 5.91 Å². The predicted octanol–water partition coefficient (Wildman–Crippen LogP) is 5.38. The molecule has 8 heteroatoms. The number of benzene rings is 3. The molecule has 7 nitrogen and oxygen atoms in total. The highest BCUT2D eigenvalue weighted by Crippen LogP contribution is 2.35. The molecule has 0 bridgehead atoms. The molecule has 0 aliphatic rings. The number of ether oxygens (including phenoxy) is 2. The molecule has 1 N–H and O–H groups in total. The average molecular weight is 525 g/mol. The minimum Gasteiger partial charge on any atom is -0.497 e. The third-order valence-electron chi connectivity index (χ3n) is 6.21. The number of rotatable bonds is 9. The van der Waals surface area contributed by atoms with Crippen LogP contribution in [0.5, 0.6) is 11.5 Å². The molecule has 3 rings (SSSR count). The first-order chi connectivity index (χ1) is 17.4. The Labute approximate surface area is 220 Å². The maximum absolute atomic E-state index is 13.7. The molecule has 198 valence electrons. The van der Waals surface area contributed by atoms with Crippen molar-refractivity contribution < 1.29 is 22.7 Å². The first-order valence-electron chi connectivity index (χ1n) is 12.1. The monoisotopic (exact) mass is 524 g/mol. The van der Waals surface area contributed by atoms with Crippen molar-refractivity contribution in [2.24, 2.45) is 0 Å². The molecule has 0 fully saturated rings. The molecular formula is C29H36N2O5S. The highest BCUT2D eigenvalue weighted by Gasteiger charge is 2.30. The molecule has 0 aliphatic heterocycles. The molecule has 0 aliphatic carbocycles. The molecule has 0 saturated heterocycles. The van der Waals surface area contributed by atoms with Crippen LogP contribution >= 0.6 is 0 Å². The van der Waals surface area contributed by atoms with Crippen molar-refractivity contribution in [3.05, 3.63) is 83.4 Å². The van der Waals surface area contributed by atoms with Gasteiger partial charge in [0.1, 0.15) is 18.0 Å². The van der Waals surface area contributed by atoms with Gasteiger partial charge in [-0.3, -0.25) is 9.10 Å². The molecule has 1 amide bonds. The molecule has 3 aromatic carbocycles. The standard InChI is InChI=1S/C29H36N2O5S/c1-20-8-15-25(16-9-20)37(33,34)31(26-17-14-24(35-6)18-27(26)36-7)19-28(32)30-21(2)22-10-12-23(13-11-22)29(3,4)5/h8-18,21H,19H2,1-7H3,(H,30,32)/t21-/m0/s1. The van der Waals surface area contributed by atoms with E-state index in [1.165, 1.54) is 31.9 Å². The summed E-state index contributed by atoms with van der Waals surface area (Å²) in [5, 5.41) is 2.94. The summed E-state index contributed by atoms with van der Waals surface area (Å²) in [6, 6.07) is 19.1. The number of nitrogens with one attached hydrogen (secondary N) is 1. The lowest BCUT2D eigenvalue weighted by Gasteiger charge is -2.27. The second kappa shape index (κ2) is 11.3. The van der Waals surface area contributed by atoms with Gasteiger partial charge in [-0.15, -0.1) is 0 Å². The molecular weight excluding hydrogens is 488 g/mol. The van der Waals surface area contributed by atoms with Gasteiger partial charge in [0, 0.05) is 6.07 Å². The van der Waals surface area contributed by atoms with Gasteiger partial charge in [0.25, 0.3) is 10.0 Å². The maximum Gasteiger partial charge on any atom is 0.264 e. The first-order valence-corrected chi connectivity index (χ1v) is 13.5. The predicted molar refractivity (Wildman–Crippen MR) is 147 cm³/mol. The maximum atomic E-state index is 13.7. The summed E-state index contributed by atoms with van der Waals surface area (Å²) >= 11 is 0. The molecule has 0 aromatic heterocycles. The van der Waals surface area contributed by atoms with Crippen molar-refractivity contribution in [3.8, 4) is 11.5 Å². The highest BCUT2D eigenvalue weighted by atomic mass is 32.2. The zero-order valence-electron chi connectivity index (χ0n) is 22.5. The summed E-state index contributed by atoms with van der Waals surface area (Å²) in [5.74, 6) is 0.333. The van der Waals surface area contributed by atoms with E-state index in [1.54, 1.807) is 30.3 Å². The Morgan fingerprint density at radius 3 is 2.11 bits per heavy atom. The Morgan fingerprint density at radius 1 is 0.946 bits per heavy atom. The molecule has 0 heterocycles. The largest absolute Gasteiger partial charge is 0.497 e. The van der Waals surface area contributed by atoms with Crippen LogP contribution in [0.1, 0.15) is 50.4 Å². The van der Waals surface area contributed by atoms with Crippen molar-refractivity contribution in [2.45, 2.75) is 51.0 Å². The van der Waals surface area contributed by atoms with Crippen LogP contribution in [0.2, 0.25) is 0 Å². The fourth-order valence-electron chi connectivity index (χ4n) is 3.90. The van der Waals surface area contributed by atoms with E-state index < -0.39 is 22.5 Å². The summed E-state index contributed by atoms with van der Waals surface area (Å²) in [4.78, 5) is 13.3. The summed E-state index contributed by atoms with van der Waals surface area (Å²) in [6.45, 7) is 9.75. The number of carbonyl (C=O) groups is 1. The molecule has 0 unspecified atom stereocenters. The van der Waals surface area contributed by atoms with Gasteiger partial charge in [-0.1, -0.05) is 62.7 Å². The Bertz CT molecular complexity index is 1330. The Balaban J connectivity index is 1.93. The summed E-state index contributed by atoms with van der Waals surface area (Å²) < 4.78 is 39.3. The SMILES string of the molecule is COc1ccc(N(CC(=O)N[C@@H](C)c2ccc(C(C)(C)C)cc2)S(=O)(=O)c2ccc(C)cc2)c(OC)c1. The molecule has 0 spiro atoms. The quantitative estimate of drug-likeness (QED) is 0.406. The van der Waals surface area contributed by atoms with Gasteiger partial charge >= 0.3 is 0 Å². The normalized spacial score (nSPS) is 12.5. The van der Waals surface area contributed by atoms with Crippen molar-refractivity contribution in [2.75, 3.05) is 25.1 Å². The first kappa shape index (κ1) is 28.1. The molecule has 0 saturated carbocycles. The Morgan fingerprint density at radius 2 is 1.57 bits per heavy atom. The lowest BCUT2D eigenvalue weighted by Crippen LogP contribution is -2.41. The number of amides is 1. The van der Waals surface area contributed by atoms with Crippen molar-refractivity contribution in [3.63, 3.8) is 0 Å². The Hall–Kier alpha value is -3.52. The van der Waals surface area contributed by atoms with Crippen LogP contribution in [0, 0.1) is 6.92 Å². The van der Waals surface area contributed by atoms with Gasteiger partial charge in [0.05, 0.1) is 30.8 Å². The van der Waals surface area contributed by atoms with E-state index in [-0.39, 0.29) is 27.8 Å². The number of hydrogen-bond acceptors (Lipinski definition) is 5. The molecule has 0 radical (unpaired) electrons. The highest BCUT2D eigenvalue weighted by molar-refractivity contribution is 7.92. The van der Waals surface area contributed by atoms with Gasteiger partial charge in [-0.05, 0) is 54.7 Å². The summed E-state index contributed by atoms with van der Waals surface area (Å²) in [7, 11) is -1.13. The van der Waals surface area contributed by atoms with E-state index in [1.807, 2.05) is 38.1 Å². The van der Waals surface area contributed by atoms with Crippen molar-refractivity contribution >= 4 is 21.6 Å². The van der Waals surface area contributed by atoms with E-state index in [2.05, 4.69) is 26.1 Å². The van der Waals surface area contributed by atoms with Crippen LogP contribution in [0.4, 0.5) is 5.69 Å². The summed E-state index contributed by atoms with van der Waals surface area (Å²) in [6.07, 6.45) is 0. The fraction of sp³-hybridized carbons (Fsp3) is 0.345. The van der Waals surface area contributed by atoms with Crippen LogP contribution in [-0.2, 0) is 20.2 Å². The lowest BCUT2D eigenvalue weighted by molar-refractivity contribution is -0.120. The number of aryl methyl sites for hydroxylation is 1. The minimum atomic E-state index is -4.09. The van der Waals surface area contributed by atoms with Crippen LogP contribution in [0.15, 0.2) is 71.6 Å². The topological polar surface area (TPSA) is 84.9 Å². The fourth-order valence-corrected chi connectivity index (χ4v) is 5.33. The Kier molecular flexibility index (Phi) is 8.53. The van der Waals surface area contributed by atoms with Gasteiger partial charge in [-0.2, -0.15) is 0 Å². The lowest BCUT2D eigenvalue weighted by atomic mass is 9.86. The minimum absolute atomic E-state index is 0.0211. The second-order valence-electron chi connectivity index (χ2n) is 10.0. The number of carbonyl (C=O) groups excluding carboxylic acids is 1. The summed E-state index contributed by atoms with van der Waals surface area (Å²) in [5.41, 5.74) is 3.30. The molecule has 37 heavy (non-hydrogen) atoms. The number of methoxy groups -OCH3 is 2. The van der Waals surface area contributed by atoms with E-state index in [4.69, 9.17) is 9.47 Å². The van der Waals surface area contributed by atoms with E-state index >= 15 is 0 Å². The zero-order valence-corrected chi connectivity index (χ0v) is 23.3. The number of anilines is 1. The van der Waals surface area contributed by atoms with E-state index in [9.17, 15) is 13.2 Å². The van der Waals surface area contributed by atoms with Crippen LogP contribution < -0.4 is 19.1 Å². The van der Waals surface area contributed by atoms with Crippen LogP contribution in [-0.4, -0.2) is 35.1 Å². The third-order valence-corrected chi connectivity index (χ3v) is 7.98. The number of nitrogens with zero attached hydrogens (tertiary/aromatic N) is 1. The molecule has 1 atom stereocenters. The molecule has 3 aromatic rings. The van der Waals surface area contributed by atoms with Crippen LogP contribution in [0.3, 0.4) is 0 Å². The van der Waals surface area contributed by atoms with Gasteiger partial charge in [0.15, 0.2) is 0 Å². The third kappa shape index (κ3) is 6.63. The number of hydrogen-bond donors (Lipinski definition) is 1. The second-order valence-corrected chi connectivity index (χ2v) is 11.9. The van der Waals surface area contributed by atoms with E-state index in [0.29, 0.717) is 5.75 Å². The van der Waals surface area contributed by atoms with Gasteiger partial charge < -0.3 is 14.8 Å². The van der Waals surface area contributed by atoms with Crippen molar-refractivity contribution in [1.82, 2.24) is 5.32 Å². The van der Waals surface area contributed by atoms with E-state index in [0.717, 1.165) is 15.4 Å². The zero-order chi connectivity index (χ0) is 27.4. The average Bonchev–Trinajstić information content (AvgIpc) is 2.86. The van der Waals surface area contributed by atoms with Crippen molar-refractivity contribution in [1.29, 1.82) is 0 Å². The van der Waals surface area contributed by atoms with Crippen LogP contribution in [0.25, 0.3) is 0 Å². The van der Waals surface area contributed by atoms with Gasteiger partial charge in [-0.25, -0.2) is 8.42 Å².